The van der Waals surface area contributed by atoms with Crippen molar-refractivity contribution in [3.63, 3.8) is 0 Å². The summed E-state index contributed by atoms with van der Waals surface area (Å²) in [7, 11) is -3.71. The zero-order valence-corrected chi connectivity index (χ0v) is 13.6. The van der Waals surface area contributed by atoms with E-state index in [1.165, 1.54) is 22.0 Å². The number of benzene rings is 2. The first-order valence-corrected chi connectivity index (χ1v) is 9.17. The summed E-state index contributed by atoms with van der Waals surface area (Å²) in [5, 5.41) is 7.73. The van der Waals surface area contributed by atoms with E-state index in [1.807, 2.05) is 42.5 Å². The van der Waals surface area contributed by atoms with Gasteiger partial charge in [-0.1, -0.05) is 47.7 Å². The third-order valence-electron chi connectivity index (χ3n) is 4.17. The molecular formula is C17H16N4O2S. The van der Waals surface area contributed by atoms with Gasteiger partial charge in [0.15, 0.2) is 5.03 Å². The second-order valence-corrected chi connectivity index (χ2v) is 7.48. The smallest absolute Gasteiger partial charge is 0.206 e. The molecule has 1 aromatic heterocycles. The predicted molar refractivity (Wildman–Crippen MR) is 89.3 cm³/mol. The molecule has 122 valence electrons. The van der Waals surface area contributed by atoms with Gasteiger partial charge < -0.3 is 0 Å². The first-order valence-electron chi connectivity index (χ1n) is 7.69. The number of fused-ring (bicyclic) bond motifs is 1. The molecule has 0 unspecified atom stereocenters. The molecule has 1 heterocycles. The summed E-state index contributed by atoms with van der Waals surface area (Å²) >= 11 is 0. The Balaban J connectivity index is 1.60. The van der Waals surface area contributed by atoms with Crippen LogP contribution in [-0.4, -0.2) is 29.5 Å². The summed E-state index contributed by atoms with van der Waals surface area (Å²) in [6, 6.07) is 17.0. The topological polar surface area (TPSA) is 76.9 Å². The Bertz CT molecular complexity index is 942. The minimum absolute atomic E-state index is 0.0460. The van der Waals surface area contributed by atoms with Crippen LogP contribution < -0.4 is 4.72 Å². The van der Waals surface area contributed by atoms with Crippen LogP contribution in [0, 0.1) is 0 Å². The minimum Gasteiger partial charge on any atom is -0.206 e. The van der Waals surface area contributed by atoms with Crippen molar-refractivity contribution in [2.24, 2.45) is 0 Å². The summed E-state index contributed by atoms with van der Waals surface area (Å²) < 4.78 is 29.7. The fourth-order valence-corrected chi connectivity index (χ4v) is 4.36. The molecule has 6 nitrogen and oxygen atoms in total. The van der Waals surface area contributed by atoms with E-state index in [0.717, 1.165) is 0 Å². The molecule has 4 rings (SSSR count). The highest BCUT2D eigenvalue weighted by atomic mass is 32.2. The molecular weight excluding hydrogens is 324 g/mol. The molecule has 0 bridgehead atoms. The zero-order chi connectivity index (χ0) is 16.6. The first-order chi connectivity index (χ1) is 11.6. The summed E-state index contributed by atoms with van der Waals surface area (Å²) in [5.41, 5.74) is 3.05. The quantitative estimate of drug-likeness (QED) is 0.784. The zero-order valence-electron chi connectivity index (χ0n) is 12.8. The van der Waals surface area contributed by atoms with Gasteiger partial charge in [-0.25, -0.2) is 17.8 Å². The monoisotopic (exact) mass is 340 g/mol. The number of nitrogens with one attached hydrogen (secondary N) is 1. The maximum atomic E-state index is 12.8. The maximum absolute atomic E-state index is 12.8. The Morgan fingerprint density at radius 1 is 0.958 bits per heavy atom. The van der Waals surface area contributed by atoms with Crippen LogP contribution in [0.25, 0.3) is 5.69 Å². The number of hydrogen-bond donors (Lipinski definition) is 1. The summed E-state index contributed by atoms with van der Waals surface area (Å²) in [6.45, 7) is 0. The molecule has 0 saturated heterocycles. The van der Waals surface area contributed by atoms with Crippen LogP contribution in [0.4, 0.5) is 0 Å². The van der Waals surface area contributed by atoms with Gasteiger partial charge in [-0.05, 0) is 36.1 Å². The normalized spacial score (nSPS) is 14.7. The van der Waals surface area contributed by atoms with Gasteiger partial charge in [0, 0.05) is 6.04 Å². The number of para-hydroxylation sites is 1. The van der Waals surface area contributed by atoms with Gasteiger partial charge >= 0.3 is 0 Å². The third kappa shape index (κ3) is 2.72. The van der Waals surface area contributed by atoms with Gasteiger partial charge in [0.1, 0.15) is 0 Å². The van der Waals surface area contributed by atoms with Gasteiger partial charge in [-0.15, -0.1) is 5.10 Å². The average Bonchev–Trinajstić information content (AvgIpc) is 3.22. The van der Waals surface area contributed by atoms with E-state index in [9.17, 15) is 8.42 Å². The van der Waals surface area contributed by atoms with Crippen LogP contribution >= 0.6 is 0 Å². The molecule has 0 radical (unpaired) electrons. The molecule has 1 aliphatic carbocycles. The second kappa shape index (κ2) is 5.85. The number of aromatic nitrogens is 3. The van der Waals surface area contributed by atoms with Crippen molar-refractivity contribution in [3.8, 4) is 5.69 Å². The molecule has 0 aliphatic heterocycles. The lowest BCUT2D eigenvalue weighted by Crippen LogP contribution is -2.36. The lowest BCUT2D eigenvalue weighted by atomic mass is 10.1. The van der Waals surface area contributed by atoms with E-state index in [4.69, 9.17) is 0 Å². The van der Waals surface area contributed by atoms with Gasteiger partial charge in [0.25, 0.3) is 10.0 Å². The largest absolute Gasteiger partial charge is 0.260 e. The van der Waals surface area contributed by atoms with Crippen molar-refractivity contribution in [3.05, 3.63) is 71.9 Å². The van der Waals surface area contributed by atoms with Crippen LogP contribution in [0.5, 0.6) is 0 Å². The van der Waals surface area contributed by atoms with Crippen molar-refractivity contribution < 1.29 is 8.42 Å². The summed E-state index contributed by atoms with van der Waals surface area (Å²) in [6.07, 6.45) is 2.67. The highest BCUT2D eigenvalue weighted by molar-refractivity contribution is 7.89. The molecule has 7 heteroatoms. The third-order valence-corrected chi connectivity index (χ3v) is 5.64. The van der Waals surface area contributed by atoms with E-state index in [0.29, 0.717) is 18.5 Å². The molecule has 0 fully saturated rings. The first kappa shape index (κ1) is 15.0. The standard InChI is InChI=1S/C17H16N4O2S/c22-24(23,19-15-10-13-6-4-5-7-14(13)11-15)17-12-18-20-21(17)16-8-2-1-3-9-16/h1-9,12,15,19H,10-11H2. The van der Waals surface area contributed by atoms with E-state index in [2.05, 4.69) is 15.0 Å². The van der Waals surface area contributed by atoms with E-state index in [1.54, 1.807) is 12.1 Å². The Morgan fingerprint density at radius 3 is 2.25 bits per heavy atom. The number of sulfonamides is 1. The molecule has 1 N–H and O–H groups in total. The SMILES string of the molecule is O=S(=O)(NC1Cc2ccccc2C1)c1cnnn1-c1ccccc1. The Kier molecular flexibility index (Phi) is 3.66. The van der Waals surface area contributed by atoms with Crippen LogP contribution in [0.2, 0.25) is 0 Å². The van der Waals surface area contributed by atoms with Gasteiger partial charge in [-0.2, -0.15) is 0 Å². The Morgan fingerprint density at radius 2 is 1.58 bits per heavy atom. The maximum Gasteiger partial charge on any atom is 0.260 e. The summed E-state index contributed by atoms with van der Waals surface area (Å²) in [5.74, 6) is 0. The fraction of sp³-hybridized carbons (Fsp3) is 0.176. The lowest BCUT2D eigenvalue weighted by Gasteiger charge is -2.13. The van der Waals surface area contributed by atoms with Gasteiger partial charge in [-0.3, -0.25) is 0 Å². The average molecular weight is 340 g/mol. The Hall–Kier alpha value is -2.51. The molecule has 0 spiro atoms. The van der Waals surface area contributed by atoms with Crippen molar-refractivity contribution in [1.82, 2.24) is 19.7 Å². The van der Waals surface area contributed by atoms with Crippen LogP contribution in [0.3, 0.4) is 0 Å². The molecule has 1 aliphatic rings. The van der Waals surface area contributed by atoms with Crippen LogP contribution in [0.15, 0.2) is 65.8 Å². The Labute approximate surface area is 140 Å². The number of rotatable bonds is 4. The van der Waals surface area contributed by atoms with Crippen LogP contribution in [0.1, 0.15) is 11.1 Å². The van der Waals surface area contributed by atoms with E-state index < -0.39 is 10.0 Å². The molecule has 3 aromatic rings. The van der Waals surface area contributed by atoms with Crippen molar-refractivity contribution in [2.45, 2.75) is 23.9 Å². The molecule has 0 saturated carbocycles. The minimum atomic E-state index is -3.71. The highest BCUT2D eigenvalue weighted by Crippen LogP contribution is 2.23. The highest BCUT2D eigenvalue weighted by Gasteiger charge is 2.29. The summed E-state index contributed by atoms with van der Waals surface area (Å²) in [4.78, 5) is 0. The number of nitrogens with zero attached hydrogens (tertiary/aromatic N) is 3. The molecule has 24 heavy (non-hydrogen) atoms. The lowest BCUT2D eigenvalue weighted by molar-refractivity contribution is 0.546. The number of hydrogen-bond acceptors (Lipinski definition) is 4. The van der Waals surface area contributed by atoms with Crippen LogP contribution in [-0.2, 0) is 22.9 Å². The van der Waals surface area contributed by atoms with Gasteiger partial charge in [0.2, 0.25) is 0 Å². The van der Waals surface area contributed by atoms with Gasteiger partial charge in [0.05, 0.1) is 11.9 Å². The fourth-order valence-electron chi connectivity index (χ4n) is 3.08. The van der Waals surface area contributed by atoms with Crippen molar-refractivity contribution in [2.75, 3.05) is 0 Å². The van der Waals surface area contributed by atoms with E-state index >= 15 is 0 Å². The molecule has 0 atom stereocenters. The van der Waals surface area contributed by atoms with Crippen molar-refractivity contribution >= 4 is 10.0 Å². The molecule has 0 amide bonds. The predicted octanol–water partition coefficient (Wildman–Crippen LogP) is 1.71. The van der Waals surface area contributed by atoms with E-state index in [-0.39, 0.29) is 11.1 Å². The van der Waals surface area contributed by atoms with Crippen molar-refractivity contribution in [1.29, 1.82) is 0 Å². The molecule has 2 aromatic carbocycles. The second-order valence-electron chi connectivity index (χ2n) is 5.81.